The smallest absolute Gasteiger partial charge is 0.231 e. The van der Waals surface area contributed by atoms with Gasteiger partial charge in [-0.15, -0.1) is 11.3 Å². The lowest BCUT2D eigenvalue weighted by Crippen LogP contribution is -2.24. The fourth-order valence-corrected chi connectivity index (χ4v) is 2.31. The summed E-state index contributed by atoms with van der Waals surface area (Å²) in [5, 5.41) is 5.97. The first kappa shape index (κ1) is 11.3. The van der Waals surface area contributed by atoms with Crippen LogP contribution in [0.4, 0.5) is 0 Å². The molecule has 0 saturated heterocycles. The minimum Gasteiger partial charge on any atom is -0.339 e. The van der Waals surface area contributed by atoms with E-state index in [9.17, 15) is 0 Å². The zero-order chi connectivity index (χ0) is 11.5. The first-order valence-corrected chi connectivity index (χ1v) is 6.23. The molecule has 2 heterocycles. The summed E-state index contributed by atoms with van der Waals surface area (Å²) in [6, 6.07) is 3.98. The van der Waals surface area contributed by atoms with Crippen molar-refractivity contribution in [1.29, 1.82) is 0 Å². The van der Waals surface area contributed by atoms with E-state index >= 15 is 0 Å². The van der Waals surface area contributed by atoms with Crippen molar-refractivity contribution < 1.29 is 4.52 Å². The van der Waals surface area contributed by atoms with Crippen molar-refractivity contribution in [3.8, 4) is 10.7 Å². The van der Waals surface area contributed by atoms with Crippen LogP contribution in [-0.4, -0.2) is 16.2 Å². The van der Waals surface area contributed by atoms with Crippen LogP contribution < -0.4 is 5.73 Å². The van der Waals surface area contributed by atoms with Crippen LogP contribution in [0.3, 0.4) is 0 Å². The van der Waals surface area contributed by atoms with Gasteiger partial charge in [0.15, 0.2) is 0 Å². The van der Waals surface area contributed by atoms with E-state index in [2.05, 4.69) is 17.1 Å². The molecular weight excluding hydrogens is 222 g/mol. The van der Waals surface area contributed by atoms with Crippen LogP contribution in [0.1, 0.15) is 32.1 Å². The number of nitrogens with two attached hydrogens (primary N) is 1. The summed E-state index contributed by atoms with van der Waals surface area (Å²) in [5.41, 5.74) is 5.88. The summed E-state index contributed by atoms with van der Waals surface area (Å²) in [4.78, 5) is 5.42. The predicted octanol–water partition coefficient (Wildman–Crippen LogP) is 2.64. The minimum absolute atomic E-state index is 0.0293. The average Bonchev–Trinajstić information content (AvgIpc) is 2.86. The lowest BCUT2D eigenvalue weighted by molar-refractivity contribution is 0.334. The highest BCUT2D eigenvalue weighted by molar-refractivity contribution is 7.13. The van der Waals surface area contributed by atoms with E-state index in [4.69, 9.17) is 10.3 Å². The van der Waals surface area contributed by atoms with Gasteiger partial charge in [0, 0.05) is 6.04 Å². The van der Waals surface area contributed by atoms with Gasteiger partial charge in [0.05, 0.1) is 10.8 Å². The molecule has 0 aliphatic heterocycles. The number of aromatic nitrogens is 2. The Morgan fingerprint density at radius 2 is 2.38 bits per heavy atom. The van der Waals surface area contributed by atoms with E-state index in [0.29, 0.717) is 11.7 Å². The Balaban J connectivity index is 2.25. The molecule has 2 N–H and O–H groups in total. The first-order valence-electron chi connectivity index (χ1n) is 5.35. The lowest BCUT2D eigenvalue weighted by Gasteiger charge is -2.13. The number of rotatable bonds is 4. The van der Waals surface area contributed by atoms with Crippen LogP contribution in [0, 0.1) is 0 Å². The molecule has 0 amide bonds. The Bertz CT molecular complexity index is 436. The molecule has 16 heavy (non-hydrogen) atoms. The number of thiophene rings is 1. The van der Waals surface area contributed by atoms with Gasteiger partial charge in [-0.2, -0.15) is 4.98 Å². The summed E-state index contributed by atoms with van der Waals surface area (Å²) >= 11 is 1.60. The minimum atomic E-state index is 0.0293. The van der Waals surface area contributed by atoms with Gasteiger partial charge in [0.2, 0.25) is 11.7 Å². The van der Waals surface area contributed by atoms with Crippen molar-refractivity contribution in [3.63, 3.8) is 0 Å². The molecule has 0 aliphatic rings. The third-order valence-corrected chi connectivity index (χ3v) is 3.44. The van der Waals surface area contributed by atoms with Crippen molar-refractivity contribution in [2.24, 2.45) is 5.73 Å². The van der Waals surface area contributed by atoms with Gasteiger partial charge in [0.1, 0.15) is 0 Å². The molecule has 0 radical (unpaired) electrons. The van der Waals surface area contributed by atoms with E-state index < -0.39 is 0 Å². The molecule has 5 heteroatoms. The zero-order valence-corrected chi connectivity index (χ0v) is 10.2. The summed E-state index contributed by atoms with van der Waals surface area (Å²) < 4.78 is 5.27. The molecule has 4 nitrogen and oxygen atoms in total. The van der Waals surface area contributed by atoms with E-state index in [1.54, 1.807) is 11.3 Å². The van der Waals surface area contributed by atoms with Gasteiger partial charge in [-0.3, -0.25) is 0 Å². The first-order chi connectivity index (χ1) is 7.72. The molecule has 0 aromatic carbocycles. The Hall–Kier alpha value is -1.20. The maximum Gasteiger partial charge on any atom is 0.231 e. The fraction of sp³-hybridized carbons (Fsp3) is 0.455. The Kier molecular flexibility index (Phi) is 3.36. The van der Waals surface area contributed by atoms with Crippen LogP contribution in [0.2, 0.25) is 0 Å². The highest BCUT2D eigenvalue weighted by Crippen LogP contribution is 2.26. The number of nitrogens with zero attached hydrogens (tertiary/aromatic N) is 2. The molecule has 2 rings (SSSR count). The van der Waals surface area contributed by atoms with E-state index in [1.807, 2.05) is 24.4 Å². The second kappa shape index (κ2) is 4.76. The highest BCUT2D eigenvalue weighted by atomic mass is 32.1. The van der Waals surface area contributed by atoms with Gasteiger partial charge >= 0.3 is 0 Å². The normalized spacial score (nSPS) is 14.9. The summed E-state index contributed by atoms with van der Waals surface area (Å²) in [6.07, 6.45) is 0.906. The van der Waals surface area contributed by atoms with Crippen LogP contribution in [0.15, 0.2) is 22.0 Å². The third-order valence-electron chi connectivity index (χ3n) is 2.57. The Morgan fingerprint density at radius 1 is 1.56 bits per heavy atom. The summed E-state index contributed by atoms with van der Waals surface area (Å²) in [6.45, 7) is 4.03. The molecule has 0 bridgehead atoms. The molecule has 2 atom stereocenters. The van der Waals surface area contributed by atoms with Gasteiger partial charge < -0.3 is 10.3 Å². The fourth-order valence-electron chi connectivity index (χ4n) is 1.66. The second-order valence-corrected chi connectivity index (χ2v) is 4.76. The van der Waals surface area contributed by atoms with Crippen molar-refractivity contribution >= 4 is 11.3 Å². The van der Waals surface area contributed by atoms with Gasteiger partial charge in [-0.1, -0.05) is 18.1 Å². The van der Waals surface area contributed by atoms with Crippen molar-refractivity contribution in [2.45, 2.75) is 32.2 Å². The topological polar surface area (TPSA) is 64.9 Å². The highest BCUT2D eigenvalue weighted by Gasteiger charge is 2.21. The molecule has 0 aliphatic carbocycles. The van der Waals surface area contributed by atoms with E-state index in [1.165, 1.54) is 0 Å². The standard InChI is InChI=1S/C11H15N3OS/c1-3-8(7(2)12)11-13-10(14-15-11)9-5-4-6-16-9/h4-8H,3,12H2,1-2H3. The summed E-state index contributed by atoms with van der Waals surface area (Å²) in [5.74, 6) is 1.44. The van der Waals surface area contributed by atoms with Crippen molar-refractivity contribution in [2.75, 3.05) is 0 Å². The van der Waals surface area contributed by atoms with Gasteiger partial charge in [-0.05, 0) is 24.8 Å². The summed E-state index contributed by atoms with van der Waals surface area (Å²) in [7, 11) is 0. The number of hydrogen-bond acceptors (Lipinski definition) is 5. The Morgan fingerprint density at radius 3 is 2.94 bits per heavy atom. The van der Waals surface area contributed by atoms with Crippen LogP contribution in [0.5, 0.6) is 0 Å². The monoisotopic (exact) mass is 237 g/mol. The average molecular weight is 237 g/mol. The largest absolute Gasteiger partial charge is 0.339 e. The maximum atomic E-state index is 5.88. The van der Waals surface area contributed by atoms with Crippen LogP contribution in [0.25, 0.3) is 10.7 Å². The molecular formula is C11H15N3OS. The molecule has 2 unspecified atom stereocenters. The molecule has 2 aromatic rings. The molecule has 0 spiro atoms. The SMILES string of the molecule is CCC(c1nc(-c2cccs2)no1)C(C)N. The van der Waals surface area contributed by atoms with Crippen molar-refractivity contribution in [1.82, 2.24) is 10.1 Å². The van der Waals surface area contributed by atoms with Gasteiger partial charge in [-0.25, -0.2) is 0 Å². The van der Waals surface area contributed by atoms with Crippen LogP contribution >= 0.6 is 11.3 Å². The predicted molar refractivity (Wildman–Crippen MR) is 64.3 cm³/mol. The lowest BCUT2D eigenvalue weighted by atomic mass is 9.99. The van der Waals surface area contributed by atoms with Crippen molar-refractivity contribution in [3.05, 3.63) is 23.4 Å². The second-order valence-electron chi connectivity index (χ2n) is 3.81. The zero-order valence-electron chi connectivity index (χ0n) is 9.38. The third kappa shape index (κ3) is 2.15. The molecule has 86 valence electrons. The maximum absolute atomic E-state index is 5.88. The van der Waals surface area contributed by atoms with E-state index in [0.717, 1.165) is 11.3 Å². The Labute approximate surface area is 98.5 Å². The molecule has 0 saturated carbocycles. The van der Waals surface area contributed by atoms with Crippen LogP contribution in [-0.2, 0) is 0 Å². The molecule has 2 aromatic heterocycles. The van der Waals surface area contributed by atoms with Gasteiger partial charge in [0.25, 0.3) is 0 Å². The van der Waals surface area contributed by atoms with E-state index in [-0.39, 0.29) is 12.0 Å². The quantitative estimate of drug-likeness (QED) is 0.887. The molecule has 0 fully saturated rings. The number of hydrogen-bond donors (Lipinski definition) is 1.